The summed E-state index contributed by atoms with van der Waals surface area (Å²) in [7, 11) is 1.45. The van der Waals surface area contributed by atoms with Crippen LogP contribution >= 0.6 is 43.5 Å². The SMILES string of the molecule is COc1ccc(Cl)cc1C(=O)Nc1cccc(C(=O)NN=Cc2cc(Br)cc(Br)c2OC(=O)c2cccc(C)c2)c1. The Morgan fingerprint density at radius 2 is 1.66 bits per heavy atom. The lowest BCUT2D eigenvalue weighted by atomic mass is 10.1. The van der Waals surface area contributed by atoms with Crippen molar-refractivity contribution in [1.82, 2.24) is 5.43 Å². The Balaban J connectivity index is 1.48. The van der Waals surface area contributed by atoms with Crippen LogP contribution in [0.5, 0.6) is 11.5 Å². The number of aryl methyl sites for hydroxylation is 1. The summed E-state index contributed by atoms with van der Waals surface area (Å²) in [6.45, 7) is 1.88. The summed E-state index contributed by atoms with van der Waals surface area (Å²) >= 11 is 12.9. The molecule has 2 N–H and O–H groups in total. The molecular formula is C30H22Br2ClN3O5. The molecule has 0 fully saturated rings. The summed E-state index contributed by atoms with van der Waals surface area (Å²) in [5.41, 5.74) is 5.09. The van der Waals surface area contributed by atoms with E-state index in [9.17, 15) is 14.4 Å². The number of ether oxygens (including phenoxy) is 2. The van der Waals surface area contributed by atoms with Crippen molar-refractivity contribution in [2.24, 2.45) is 5.10 Å². The number of anilines is 1. The number of nitrogens with zero attached hydrogens (tertiary/aromatic N) is 1. The minimum absolute atomic E-state index is 0.235. The number of hydrogen-bond acceptors (Lipinski definition) is 6. The molecule has 0 aliphatic heterocycles. The van der Waals surface area contributed by atoms with Crippen molar-refractivity contribution in [3.8, 4) is 11.5 Å². The molecule has 208 valence electrons. The molecule has 0 radical (unpaired) electrons. The van der Waals surface area contributed by atoms with Gasteiger partial charge in [0.2, 0.25) is 0 Å². The number of methoxy groups -OCH3 is 1. The van der Waals surface area contributed by atoms with Gasteiger partial charge in [-0.1, -0.05) is 51.3 Å². The summed E-state index contributed by atoms with van der Waals surface area (Å²) in [5.74, 6) is -0.917. The number of esters is 1. The Morgan fingerprint density at radius 3 is 2.41 bits per heavy atom. The van der Waals surface area contributed by atoms with E-state index < -0.39 is 17.8 Å². The molecule has 0 aliphatic carbocycles. The summed E-state index contributed by atoms with van der Waals surface area (Å²) in [5, 5.41) is 7.17. The minimum atomic E-state index is -0.537. The number of carbonyl (C=O) groups is 3. The topological polar surface area (TPSA) is 106 Å². The van der Waals surface area contributed by atoms with Gasteiger partial charge in [-0.05, 0) is 83.5 Å². The summed E-state index contributed by atoms with van der Waals surface area (Å²) < 4.78 is 12.1. The van der Waals surface area contributed by atoms with Crippen LogP contribution in [-0.2, 0) is 0 Å². The number of carbonyl (C=O) groups excluding carboxylic acids is 3. The first-order chi connectivity index (χ1) is 19.6. The van der Waals surface area contributed by atoms with Crippen LogP contribution in [0.3, 0.4) is 0 Å². The molecule has 4 aromatic carbocycles. The molecule has 0 unspecified atom stereocenters. The van der Waals surface area contributed by atoms with Gasteiger partial charge in [-0.15, -0.1) is 0 Å². The third-order valence-corrected chi connectivity index (χ3v) is 6.93. The lowest BCUT2D eigenvalue weighted by Crippen LogP contribution is -2.19. The van der Waals surface area contributed by atoms with E-state index in [1.54, 1.807) is 60.7 Å². The van der Waals surface area contributed by atoms with Crippen LogP contribution in [-0.4, -0.2) is 31.1 Å². The van der Waals surface area contributed by atoms with Crippen molar-refractivity contribution in [2.45, 2.75) is 6.92 Å². The van der Waals surface area contributed by atoms with Crippen LogP contribution < -0.4 is 20.2 Å². The highest BCUT2D eigenvalue weighted by atomic mass is 79.9. The monoisotopic (exact) mass is 697 g/mol. The molecule has 0 atom stereocenters. The summed E-state index contributed by atoms with van der Waals surface area (Å²) in [6.07, 6.45) is 1.36. The van der Waals surface area contributed by atoms with Gasteiger partial charge in [-0.25, -0.2) is 10.2 Å². The van der Waals surface area contributed by atoms with E-state index in [2.05, 4.69) is 47.7 Å². The quantitative estimate of drug-likeness (QED) is 0.0863. The van der Waals surface area contributed by atoms with E-state index in [4.69, 9.17) is 21.1 Å². The van der Waals surface area contributed by atoms with Crippen molar-refractivity contribution in [2.75, 3.05) is 12.4 Å². The second-order valence-corrected chi connectivity index (χ2v) is 10.9. The number of benzene rings is 4. The number of halogens is 3. The molecule has 0 heterocycles. The first-order valence-electron chi connectivity index (χ1n) is 12.0. The summed E-state index contributed by atoms with van der Waals surface area (Å²) in [6, 6.07) is 21.5. The second kappa shape index (κ2) is 13.6. The standard InChI is InChI=1S/C30H22Br2ClN3O5/c1-17-5-3-7-19(11-17)30(39)41-27-20(12-21(31)14-25(27)32)16-34-36-28(37)18-6-4-8-23(13-18)35-29(38)24-15-22(33)9-10-26(24)40-2/h3-16H,1-2H3,(H,35,38)(H,36,37). The van der Waals surface area contributed by atoms with Crippen LogP contribution in [0.2, 0.25) is 5.02 Å². The Hall–Kier alpha value is -3.99. The third kappa shape index (κ3) is 7.81. The molecule has 2 amide bonds. The maximum absolute atomic E-state index is 12.8. The average molecular weight is 700 g/mol. The van der Waals surface area contributed by atoms with E-state index in [1.807, 2.05) is 13.0 Å². The molecule has 0 aliphatic rings. The molecule has 8 nitrogen and oxygen atoms in total. The predicted molar refractivity (Wildman–Crippen MR) is 165 cm³/mol. The van der Waals surface area contributed by atoms with Crippen molar-refractivity contribution in [1.29, 1.82) is 0 Å². The number of hydrogen-bond donors (Lipinski definition) is 2. The van der Waals surface area contributed by atoms with Crippen molar-refractivity contribution in [3.63, 3.8) is 0 Å². The normalized spacial score (nSPS) is 10.8. The maximum Gasteiger partial charge on any atom is 0.343 e. The van der Waals surface area contributed by atoms with E-state index in [-0.39, 0.29) is 16.9 Å². The van der Waals surface area contributed by atoms with E-state index in [0.717, 1.165) is 5.56 Å². The minimum Gasteiger partial charge on any atom is -0.496 e. The zero-order valence-electron chi connectivity index (χ0n) is 21.7. The number of amides is 2. The number of rotatable bonds is 8. The Morgan fingerprint density at radius 1 is 0.902 bits per heavy atom. The third-order valence-electron chi connectivity index (χ3n) is 5.64. The zero-order chi connectivity index (χ0) is 29.5. The zero-order valence-corrected chi connectivity index (χ0v) is 25.6. The van der Waals surface area contributed by atoms with Gasteiger partial charge >= 0.3 is 5.97 Å². The number of hydrazone groups is 1. The van der Waals surface area contributed by atoms with Gasteiger partial charge in [0.15, 0.2) is 5.75 Å². The first kappa shape index (κ1) is 30.0. The molecular weight excluding hydrogens is 678 g/mol. The van der Waals surface area contributed by atoms with Crippen molar-refractivity contribution in [3.05, 3.63) is 121 Å². The lowest BCUT2D eigenvalue weighted by Gasteiger charge is -2.11. The molecule has 0 bridgehead atoms. The lowest BCUT2D eigenvalue weighted by molar-refractivity contribution is 0.0732. The van der Waals surface area contributed by atoms with E-state index in [0.29, 0.717) is 36.5 Å². The fourth-order valence-electron chi connectivity index (χ4n) is 3.73. The van der Waals surface area contributed by atoms with E-state index >= 15 is 0 Å². The number of nitrogens with one attached hydrogen (secondary N) is 2. The van der Waals surface area contributed by atoms with Gasteiger partial charge in [-0.3, -0.25) is 9.59 Å². The molecule has 0 saturated carbocycles. The molecule has 0 aromatic heterocycles. The van der Waals surface area contributed by atoms with Gasteiger partial charge in [0.25, 0.3) is 11.8 Å². The highest BCUT2D eigenvalue weighted by molar-refractivity contribution is 9.11. The largest absolute Gasteiger partial charge is 0.496 e. The fraction of sp³-hybridized carbons (Fsp3) is 0.0667. The molecule has 41 heavy (non-hydrogen) atoms. The van der Waals surface area contributed by atoms with Gasteiger partial charge in [0.1, 0.15) is 5.75 Å². The fourth-order valence-corrected chi connectivity index (χ4v) is 5.24. The highest BCUT2D eigenvalue weighted by Crippen LogP contribution is 2.33. The van der Waals surface area contributed by atoms with Crippen LogP contribution in [0, 0.1) is 6.92 Å². The van der Waals surface area contributed by atoms with Gasteiger partial charge in [-0.2, -0.15) is 5.10 Å². The van der Waals surface area contributed by atoms with Crippen LogP contribution in [0.1, 0.15) is 42.2 Å². The Kier molecular flexibility index (Phi) is 9.93. The van der Waals surface area contributed by atoms with Crippen LogP contribution in [0.4, 0.5) is 5.69 Å². The van der Waals surface area contributed by atoms with Crippen LogP contribution in [0.15, 0.2) is 92.9 Å². The molecule has 0 saturated heterocycles. The van der Waals surface area contributed by atoms with Crippen LogP contribution in [0.25, 0.3) is 0 Å². The Labute approximate surface area is 258 Å². The molecule has 4 rings (SSSR count). The first-order valence-corrected chi connectivity index (χ1v) is 14.0. The average Bonchev–Trinajstić information content (AvgIpc) is 2.94. The summed E-state index contributed by atoms with van der Waals surface area (Å²) in [4.78, 5) is 38.4. The Bertz CT molecular complexity index is 1680. The van der Waals surface area contributed by atoms with Gasteiger partial charge in [0.05, 0.1) is 28.9 Å². The second-order valence-electron chi connectivity index (χ2n) is 8.64. The predicted octanol–water partition coefficient (Wildman–Crippen LogP) is 7.42. The van der Waals surface area contributed by atoms with Gasteiger partial charge < -0.3 is 14.8 Å². The molecule has 0 spiro atoms. The van der Waals surface area contributed by atoms with Gasteiger partial charge in [0, 0.05) is 26.3 Å². The van der Waals surface area contributed by atoms with Crippen molar-refractivity contribution < 1.29 is 23.9 Å². The molecule has 4 aromatic rings. The molecule has 11 heteroatoms. The van der Waals surface area contributed by atoms with E-state index in [1.165, 1.54) is 25.5 Å². The maximum atomic E-state index is 12.8. The van der Waals surface area contributed by atoms with Crippen molar-refractivity contribution >= 4 is 73.1 Å². The smallest absolute Gasteiger partial charge is 0.343 e. The highest BCUT2D eigenvalue weighted by Gasteiger charge is 2.17.